The van der Waals surface area contributed by atoms with Crippen molar-refractivity contribution in [2.24, 2.45) is 10.8 Å². The number of rotatable bonds is 4. The summed E-state index contributed by atoms with van der Waals surface area (Å²) < 4.78 is 24.9. The number of fused-ring (bicyclic) bond motifs is 2. The number of nitrogens with zero attached hydrogens (tertiary/aromatic N) is 6. The van der Waals surface area contributed by atoms with Crippen LogP contribution in [0.1, 0.15) is 56.9 Å². The number of amides is 2. The predicted octanol–water partition coefficient (Wildman–Crippen LogP) is 3.94. The summed E-state index contributed by atoms with van der Waals surface area (Å²) >= 11 is 0. The van der Waals surface area contributed by atoms with Crippen LogP contribution in [0.2, 0.25) is 0 Å². The summed E-state index contributed by atoms with van der Waals surface area (Å²) in [6, 6.07) is 4.09. The molecule has 0 fully saturated rings. The van der Waals surface area contributed by atoms with E-state index in [2.05, 4.69) is 22.6 Å². The van der Waals surface area contributed by atoms with Crippen molar-refractivity contribution in [2.45, 2.75) is 53.9 Å². The van der Waals surface area contributed by atoms with Crippen molar-refractivity contribution in [2.75, 3.05) is 26.3 Å². The van der Waals surface area contributed by atoms with Crippen LogP contribution >= 0.6 is 0 Å². The Morgan fingerprint density at radius 1 is 0.927 bits per heavy atom. The Kier molecular flexibility index (Phi) is 9.67. The first kappa shape index (κ1) is 31.0. The molecule has 0 spiro atoms. The molecule has 1 atom stereocenters. The van der Waals surface area contributed by atoms with Gasteiger partial charge in [0.05, 0.1) is 37.0 Å². The van der Waals surface area contributed by atoms with Gasteiger partial charge in [-0.15, -0.1) is 6.58 Å². The Morgan fingerprint density at radius 3 is 1.76 bits per heavy atom. The fourth-order valence-electron chi connectivity index (χ4n) is 4.21. The third-order valence-electron chi connectivity index (χ3n) is 7.30. The second-order valence-electron chi connectivity index (χ2n) is 11.0. The number of hydrogen-bond acceptors (Lipinski definition) is 8. The third kappa shape index (κ3) is 6.80. The van der Waals surface area contributed by atoms with E-state index in [1.165, 1.54) is 19.3 Å². The average molecular weight is 563 g/mol. The fraction of sp³-hybridized carbons (Fsp3) is 0.467. The first-order valence-corrected chi connectivity index (χ1v) is 13.2. The minimum atomic E-state index is -1.25. The summed E-state index contributed by atoms with van der Waals surface area (Å²) in [6.07, 6.45) is 6.52. The van der Waals surface area contributed by atoms with E-state index < -0.39 is 17.0 Å². The van der Waals surface area contributed by atoms with Crippen LogP contribution in [0.3, 0.4) is 0 Å². The monoisotopic (exact) mass is 562 g/mol. The van der Waals surface area contributed by atoms with E-state index in [4.69, 9.17) is 20.0 Å². The van der Waals surface area contributed by atoms with Crippen LogP contribution < -0.4 is 9.47 Å². The van der Waals surface area contributed by atoms with Gasteiger partial charge in [0.15, 0.2) is 0 Å². The van der Waals surface area contributed by atoms with Gasteiger partial charge in [-0.25, -0.2) is 4.39 Å². The summed E-state index contributed by atoms with van der Waals surface area (Å²) in [5.41, 5.74) is 0.465. The molecular weight excluding hydrogens is 527 g/mol. The number of alkyl halides is 1. The van der Waals surface area contributed by atoms with Crippen LogP contribution in [-0.2, 0) is 22.7 Å². The maximum Gasteiger partial charge on any atom is 0.232 e. The van der Waals surface area contributed by atoms with Crippen molar-refractivity contribution < 1.29 is 23.5 Å². The molecule has 41 heavy (non-hydrogen) atoms. The zero-order chi connectivity index (χ0) is 30.4. The number of pyridine rings is 2. The molecule has 2 aliphatic heterocycles. The lowest BCUT2D eigenvalue weighted by Gasteiger charge is -2.31. The number of hydrogen-bond donors (Lipinski definition) is 0. The summed E-state index contributed by atoms with van der Waals surface area (Å²) in [6.45, 7) is 14.1. The van der Waals surface area contributed by atoms with Gasteiger partial charge in [0, 0.05) is 35.9 Å². The zero-order valence-electron chi connectivity index (χ0n) is 24.1. The molecule has 4 heterocycles. The van der Waals surface area contributed by atoms with Crippen molar-refractivity contribution >= 4 is 11.8 Å². The van der Waals surface area contributed by atoms with E-state index in [0.29, 0.717) is 54.4 Å². The van der Waals surface area contributed by atoms with Crippen molar-refractivity contribution in [3.63, 3.8) is 0 Å². The van der Waals surface area contributed by atoms with E-state index in [9.17, 15) is 14.0 Å². The molecule has 0 aromatic carbocycles. The predicted molar refractivity (Wildman–Crippen MR) is 148 cm³/mol. The van der Waals surface area contributed by atoms with Gasteiger partial charge in [-0.05, 0) is 34.6 Å². The van der Waals surface area contributed by atoms with Crippen LogP contribution in [-0.4, -0.2) is 64.1 Å². The smallest absolute Gasteiger partial charge is 0.232 e. The van der Waals surface area contributed by atoms with Crippen LogP contribution in [0.4, 0.5) is 4.39 Å². The largest absolute Gasteiger partial charge is 0.490 e. The number of aromatic nitrogens is 2. The third-order valence-corrected chi connectivity index (χ3v) is 7.30. The second-order valence-corrected chi connectivity index (χ2v) is 11.0. The molecule has 0 saturated carbocycles. The molecule has 10 nitrogen and oxygen atoms in total. The second kappa shape index (κ2) is 12.8. The quantitative estimate of drug-likeness (QED) is 0.512. The lowest BCUT2D eigenvalue weighted by Crippen LogP contribution is -2.45. The maximum atomic E-state index is 13.7. The number of halogens is 1. The van der Waals surface area contributed by atoms with Crippen LogP contribution in [0.15, 0.2) is 37.4 Å². The topological polar surface area (TPSA) is 132 Å². The van der Waals surface area contributed by atoms with Gasteiger partial charge >= 0.3 is 0 Å². The van der Waals surface area contributed by atoms with Gasteiger partial charge in [0.25, 0.3) is 0 Å². The molecule has 0 aliphatic carbocycles. The minimum Gasteiger partial charge on any atom is -0.490 e. The molecule has 0 N–H and O–H groups in total. The van der Waals surface area contributed by atoms with E-state index in [-0.39, 0.29) is 25.0 Å². The molecule has 216 valence electrons. The number of nitriles is 2. The molecule has 4 rings (SSSR count). The standard InChI is InChI=1S/C15H18FN3O2.C15H17N3O2/c1-10(16)15(2,3)14(20)19-4-5-21-13-11(6-17)7-18-8-12(13)9-19;1-4-15(2,3)14(19)18-5-6-20-13-11(7-16)8-17-9-12(13)10-18/h7-8,10H,4-5,9H2,1-3H3;4,8-9H,1,5-6,10H2,2-3H3. The highest BCUT2D eigenvalue weighted by molar-refractivity contribution is 5.84. The van der Waals surface area contributed by atoms with Crippen LogP contribution in [0.5, 0.6) is 11.5 Å². The Labute approximate surface area is 240 Å². The normalized spacial score (nSPS) is 15.4. The highest BCUT2D eigenvalue weighted by Gasteiger charge is 2.38. The maximum absolute atomic E-state index is 13.7. The molecule has 2 aromatic rings. The summed E-state index contributed by atoms with van der Waals surface area (Å²) in [4.78, 5) is 36.3. The Bertz CT molecular complexity index is 1390. The van der Waals surface area contributed by atoms with E-state index >= 15 is 0 Å². The van der Waals surface area contributed by atoms with Gasteiger partial charge < -0.3 is 19.3 Å². The Morgan fingerprint density at radius 2 is 1.37 bits per heavy atom. The number of carbonyl (C=O) groups is 2. The molecule has 0 radical (unpaired) electrons. The molecule has 0 saturated heterocycles. The van der Waals surface area contributed by atoms with Crippen molar-refractivity contribution in [1.82, 2.24) is 19.8 Å². The van der Waals surface area contributed by atoms with Crippen LogP contribution in [0.25, 0.3) is 0 Å². The summed E-state index contributed by atoms with van der Waals surface area (Å²) in [5, 5.41) is 18.1. The highest BCUT2D eigenvalue weighted by atomic mass is 19.1. The molecule has 2 amide bonds. The van der Waals surface area contributed by atoms with Gasteiger partial charge in [-0.3, -0.25) is 19.6 Å². The van der Waals surface area contributed by atoms with E-state index in [1.54, 1.807) is 42.1 Å². The highest BCUT2D eigenvalue weighted by Crippen LogP contribution is 2.31. The first-order chi connectivity index (χ1) is 19.4. The van der Waals surface area contributed by atoms with Gasteiger partial charge in [0.2, 0.25) is 11.8 Å². The molecule has 2 aliphatic rings. The summed E-state index contributed by atoms with van der Waals surface area (Å²) in [5.74, 6) is 0.728. The lowest BCUT2D eigenvalue weighted by molar-refractivity contribution is -0.144. The first-order valence-electron chi connectivity index (χ1n) is 13.2. The lowest BCUT2D eigenvalue weighted by atomic mass is 9.86. The molecule has 0 bridgehead atoms. The fourth-order valence-corrected chi connectivity index (χ4v) is 4.21. The minimum absolute atomic E-state index is 0.00805. The van der Waals surface area contributed by atoms with Crippen molar-refractivity contribution in [3.05, 3.63) is 59.7 Å². The summed E-state index contributed by atoms with van der Waals surface area (Å²) in [7, 11) is 0. The van der Waals surface area contributed by atoms with E-state index in [0.717, 1.165) is 5.56 Å². The average Bonchev–Trinajstić information content (AvgIpc) is 3.32. The Hall–Kier alpha value is -4.51. The molecular formula is C30H35FN6O4. The number of carbonyl (C=O) groups excluding carboxylic acids is 2. The molecule has 2 aromatic heterocycles. The molecule has 11 heteroatoms. The van der Waals surface area contributed by atoms with Crippen molar-refractivity contribution in [3.8, 4) is 23.6 Å². The van der Waals surface area contributed by atoms with Crippen LogP contribution in [0, 0.1) is 33.5 Å². The molecule has 1 unspecified atom stereocenters. The van der Waals surface area contributed by atoms with Gasteiger partial charge in [-0.2, -0.15) is 10.5 Å². The van der Waals surface area contributed by atoms with Crippen molar-refractivity contribution in [1.29, 1.82) is 10.5 Å². The van der Waals surface area contributed by atoms with Gasteiger partial charge in [-0.1, -0.05) is 6.08 Å². The van der Waals surface area contributed by atoms with E-state index in [1.807, 2.05) is 19.9 Å². The zero-order valence-corrected chi connectivity index (χ0v) is 24.1. The SMILES string of the molecule is C=CC(C)(C)C(=O)N1CCOc2c(C#N)cncc2C1.CC(F)C(C)(C)C(=O)N1CCOc2c(C#N)cncc2C1. The Balaban J connectivity index is 0.000000226. The van der Waals surface area contributed by atoms with Gasteiger partial charge in [0.1, 0.15) is 54.1 Å². The number of ether oxygens (including phenoxy) is 2.